The summed E-state index contributed by atoms with van der Waals surface area (Å²) >= 11 is 0. The van der Waals surface area contributed by atoms with E-state index in [-0.39, 0.29) is 17.5 Å². The van der Waals surface area contributed by atoms with Gasteiger partial charge in [0.2, 0.25) is 5.91 Å². The highest BCUT2D eigenvalue weighted by Crippen LogP contribution is 2.22. The van der Waals surface area contributed by atoms with Crippen molar-refractivity contribution in [2.45, 2.75) is 6.61 Å². The monoisotopic (exact) mass is 376 g/mol. The van der Waals surface area contributed by atoms with E-state index in [1.807, 2.05) is 0 Å². The quantitative estimate of drug-likeness (QED) is 0.745. The van der Waals surface area contributed by atoms with Gasteiger partial charge in [-0.15, -0.1) is 0 Å². The summed E-state index contributed by atoms with van der Waals surface area (Å²) in [5, 5.41) is 0. The Morgan fingerprint density at radius 3 is 2.33 bits per heavy atom. The number of anilines is 1. The molecule has 0 bridgehead atoms. The maximum Gasteiger partial charge on any atom is 0.387 e. The van der Waals surface area contributed by atoms with Gasteiger partial charge in [0.1, 0.15) is 11.6 Å². The Kier molecular flexibility index (Phi) is 6.01. The molecule has 3 rings (SSSR count). The number of para-hydroxylation sites is 1. The molecule has 0 N–H and O–H groups in total. The topological polar surface area (TPSA) is 32.8 Å². The summed E-state index contributed by atoms with van der Waals surface area (Å²) < 4.78 is 42.4. The number of hydrogen-bond acceptors (Lipinski definition) is 3. The molecule has 1 saturated heterocycles. The minimum absolute atomic E-state index is 0.0256. The Bertz CT molecular complexity index is 801. The van der Waals surface area contributed by atoms with Gasteiger partial charge in [-0.1, -0.05) is 18.2 Å². The van der Waals surface area contributed by atoms with E-state index in [0.29, 0.717) is 31.7 Å². The number of nitrogens with zero attached hydrogens (tertiary/aromatic N) is 2. The molecular formula is C20H19F3N2O2. The summed E-state index contributed by atoms with van der Waals surface area (Å²) in [6.45, 7) is -0.604. The fourth-order valence-electron chi connectivity index (χ4n) is 2.92. The second-order valence-corrected chi connectivity index (χ2v) is 6.04. The molecule has 1 fully saturated rings. The van der Waals surface area contributed by atoms with Gasteiger partial charge in [0, 0.05) is 43.5 Å². The molecule has 0 radical (unpaired) electrons. The third-order valence-corrected chi connectivity index (χ3v) is 4.32. The van der Waals surface area contributed by atoms with Gasteiger partial charge >= 0.3 is 6.61 Å². The molecule has 142 valence electrons. The molecule has 0 aliphatic carbocycles. The SMILES string of the molecule is O=C(/C=C/c1ccccc1OC(F)F)N1CCN(c2ccc(F)cc2)CC1. The number of halogens is 3. The number of ether oxygens (including phenoxy) is 1. The van der Waals surface area contributed by atoms with Gasteiger partial charge in [0.25, 0.3) is 0 Å². The molecule has 0 aromatic heterocycles. The molecule has 1 heterocycles. The molecule has 7 heteroatoms. The molecule has 2 aromatic rings. The van der Waals surface area contributed by atoms with Gasteiger partial charge in [-0.25, -0.2) is 4.39 Å². The maximum absolute atomic E-state index is 13.0. The lowest BCUT2D eigenvalue weighted by Crippen LogP contribution is -2.48. The summed E-state index contributed by atoms with van der Waals surface area (Å²) in [6, 6.07) is 12.6. The van der Waals surface area contributed by atoms with Crippen LogP contribution in [-0.2, 0) is 4.79 Å². The number of piperazine rings is 1. The van der Waals surface area contributed by atoms with Crippen LogP contribution >= 0.6 is 0 Å². The summed E-state index contributed by atoms with van der Waals surface area (Å²) in [5.41, 5.74) is 1.33. The van der Waals surface area contributed by atoms with E-state index in [1.165, 1.54) is 30.4 Å². The van der Waals surface area contributed by atoms with Gasteiger partial charge < -0.3 is 14.5 Å². The van der Waals surface area contributed by atoms with Crippen molar-refractivity contribution < 1.29 is 22.7 Å². The average molecular weight is 376 g/mol. The number of amides is 1. The van der Waals surface area contributed by atoms with E-state index in [9.17, 15) is 18.0 Å². The Hall–Kier alpha value is -2.96. The van der Waals surface area contributed by atoms with Crippen molar-refractivity contribution in [3.63, 3.8) is 0 Å². The van der Waals surface area contributed by atoms with Crippen LogP contribution < -0.4 is 9.64 Å². The van der Waals surface area contributed by atoms with Crippen LogP contribution in [-0.4, -0.2) is 43.6 Å². The van der Waals surface area contributed by atoms with Gasteiger partial charge in [0.05, 0.1) is 0 Å². The van der Waals surface area contributed by atoms with E-state index < -0.39 is 6.61 Å². The fraction of sp³-hybridized carbons (Fsp3) is 0.250. The Morgan fingerprint density at radius 1 is 1.00 bits per heavy atom. The molecule has 27 heavy (non-hydrogen) atoms. The Labute approximate surface area is 155 Å². The lowest BCUT2D eigenvalue weighted by Gasteiger charge is -2.35. The zero-order valence-corrected chi connectivity index (χ0v) is 14.5. The highest BCUT2D eigenvalue weighted by molar-refractivity contribution is 5.92. The van der Waals surface area contributed by atoms with Crippen LogP contribution in [0.5, 0.6) is 5.75 Å². The Morgan fingerprint density at radius 2 is 1.67 bits per heavy atom. The molecule has 2 aromatic carbocycles. The van der Waals surface area contributed by atoms with Crippen LogP contribution in [0.25, 0.3) is 6.08 Å². The highest BCUT2D eigenvalue weighted by atomic mass is 19.3. The second-order valence-electron chi connectivity index (χ2n) is 6.04. The first-order valence-corrected chi connectivity index (χ1v) is 8.54. The van der Waals surface area contributed by atoms with Crippen molar-refractivity contribution >= 4 is 17.7 Å². The molecular weight excluding hydrogens is 357 g/mol. The van der Waals surface area contributed by atoms with Gasteiger partial charge in [-0.3, -0.25) is 4.79 Å². The van der Waals surface area contributed by atoms with E-state index in [1.54, 1.807) is 35.2 Å². The molecule has 1 aliphatic heterocycles. The van der Waals surface area contributed by atoms with Gasteiger partial charge in [-0.2, -0.15) is 8.78 Å². The molecule has 0 atom stereocenters. The number of rotatable bonds is 5. The Balaban J connectivity index is 1.58. The van der Waals surface area contributed by atoms with Crippen LogP contribution in [0.4, 0.5) is 18.9 Å². The number of carbonyl (C=O) groups is 1. The summed E-state index contributed by atoms with van der Waals surface area (Å²) in [5.74, 6) is -0.452. The third kappa shape index (κ3) is 5.03. The first kappa shape index (κ1) is 18.8. The number of alkyl halides is 2. The number of hydrogen-bond donors (Lipinski definition) is 0. The van der Waals surface area contributed by atoms with E-state index >= 15 is 0 Å². The second kappa shape index (κ2) is 8.62. The molecule has 4 nitrogen and oxygen atoms in total. The van der Waals surface area contributed by atoms with E-state index in [4.69, 9.17) is 0 Å². The molecule has 0 unspecified atom stereocenters. The molecule has 0 saturated carbocycles. The fourth-order valence-corrected chi connectivity index (χ4v) is 2.92. The predicted molar refractivity (Wildman–Crippen MR) is 97.3 cm³/mol. The van der Waals surface area contributed by atoms with Crippen LogP contribution in [0.1, 0.15) is 5.56 Å². The number of benzene rings is 2. The van der Waals surface area contributed by atoms with Crippen LogP contribution in [0.3, 0.4) is 0 Å². The zero-order valence-electron chi connectivity index (χ0n) is 14.5. The summed E-state index contributed by atoms with van der Waals surface area (Å²) in [4.78, 5) is 16.1. The maximum atomic E-state index is 13.0. The lowest BCUT2D eigenvalue weighted by atomic mass is 10.2. The first-order valence-electron chi connectivity index (χ1n) is 8.54. The molecule has 0 spiro atoms. The molecule has 1 aliphatic rings. The van der Waals surface area contributed by atoms with E-state index in [0.717, 1.165) is 5.69 Å². The normalized spacial score (nSPS) is 14.8. The lowest BCUT2D eigenvalue weighted by molar-refractivity contribution is -0.126. The van der Waals surface area contributed by atoms with Crippen molar-refractivity contribution in [3.8, 4) is 5.75 Å². The summed E-state index contributed by atoms with van der Waals surface area (Å²) in [7, 11) is 0. The standard InChI is InChI=1S/C20H19F3N2O2/c21-16-6-8-17(9-7-16)24-11-13-25(14-12-24)19(26)10-5-15-3-1-2-4-18(15)27-20(22)23/h1-10,20H,11-14H2/b10-5+. The minimum Gasteiger partial charge on any atom is -0.434 e. The van der Waals surface area contributed by atoms with Crippen molar-refractivity contribution in [1.29, 1.82) is 0 Å². The van der Waals surface area contributed by atoms with Crippen molar-refractivity contribution in [3.05, 3.63) is 66.0 Å². The number of carbonyl (C=O) groups excluding carboxylic acids is 1. The third-order valence-electron chi connectivity index (χ3n) is 4.32. The van der Waals surface area contributed by atoms with Crippen LogP contribution in [0.2, 0.25) is 0 Å². The van der Waals surface area contributed by atoms with Gasteiger partial charge in [-0.05, 0) is 36.4 Å². The average Bonchev–Trinajstić information content (AvgIpc) is 2.67. The first-order chi connectivity index (χ1) is 13.0. The van der Waals surface area contributed by atoms with Gasteiger partial charge in [0.15, 0.2) is 0 Å². The van der Waals surface area contributed by atoms with Crippen molar-refractivity contribution in [2.24, 2.45) is 0 Å². The minimum atomic E-state index is -2.92. The van der Waals surface area contributed by atoms with E-state index in [2.05, 4.69) is 9.64 Å². The highest BCUT2D eigenvalue weighted by Gasteiger charge is 2.20. The van der Waals surface area contributed by atoms with Crippen molar-refractivity contribution in [1.82, 2.24) is 4.90 Å². The zero-order chi connectivity index (χ0) is 19.2. The molecule has 1 amide bonds. The van der Waals surface area contributed by atoms with Crippen LogP contribution in [0, 0.1) is 5.82 Å². The van der Waals surface area contributed by atoms with Crippen molar-refractivity contribution in [2.75, 3.05) is 31.1 Å². The summed E-state index contributed by atoms with van der Waals surface area (Å²) in [6.07, 6.45) is 2.84. The predicted octanol–water partition coefficient (Wildman–Crippen LogP) is 3.79. The van der Waals surface area contributed by atoms with Crippen LogP contribution in [0.15, 0.2) is 54.6 Å². The largest absolute Gasteiger partial charge is 0.434 e. The smallest absolute Gasteiger partial charge is 0.387 e.